The molecule has 37 heavy (non-hydrogen) atoms. The standard InChI is InChI=1S/C29H26ClNO5S/c1-18-25(16-28(34)35-19(2)24-8-3-4-9-26(24)30)29(36-31-18)22-12-10-20(11-13-22)17-37-23-7-5-6-21(14-23)15-27(32)33/h3-14,19H,15-17H2,1-2H3,(H,32,33). The van der Waals surface area contributed by atoms with Gasteiger partial charge in [-0.3, -0.25) is 9.59 Å². The first kappa shape index (κ1) is 26.5. The lowest BCUT2D eigenvalue weighted by Crippen LogP contribution is -2.12. The molecular formula is C29H26ClNO5S. The summed E-state index contributed by atoms with van der Waals surface area (Å²) in [6.45, 7) is 3.59. The van der Waals surface area contributed by atoms with Gasteiger partial charge < -0.3 is 14.4 Å². The SMILES string of the molecule is Cc1noc(-c2ccc(CSc3cccc(CC(=O)O)c3)cc2)c1CC(=O)OC(C)c1ccccc1Cl. The maximum absolute atomic E-state index is 12.7. The Balaban J connectivity index is 1.40. The Morgan fingerprint density at radius 1 is 1.03 bits per heavy atom. The molecule has 0 fully saturated rings. The van der Waals surface area contributed by atoms with Gasteiger partial charge in [-0.2, -0.15) is 0 Å². The lowest BCUT2D eigenvalue weighted by molar-refractivity contribution is -0.147. The summed E-state index contributed by atoms with van der Waals surface area (Å²) in [6, 6.07) is 22.7. The zero-order valence-corrected chi connectivity index (χ0v) is 22.0. The highest BCUT2D eigenvalue weighted by atomic mass is 35.5. The van der Waals surface area contributed by atoms with E-state index < -0.39 is 18.0 Å². The molecule has 0 aliphatic rings. The second kappa shape index (κ2) is 12.1. The fourth-order valence-electron chi connectivity index (χ4n) is 3.91. The van der Waals surface area contributed by atoms with Crippen molar-refractivity contribution in [1.82, 2.24) is 5.16 Å². The van der Waals surface area contributed by atoms with Crippen molar-refractivity contribution in [3.05, 3.63) is 106 Å². The van der Waals surface area contributed by atoms with Crippen LogP contribution in [0.15, 0.2) is 82.2 Å². The molecule has 1 unspecified atom stereocenters. The molecule has 1 heterocycles. The second-order valence-electron chi connectivity index (χ2n) is 8.61. The molecule has 8 heteroatoms. The maximum Gasteiger partial charge on any atom is 0.311 e. The van der Waals surface area contributed by atoms with Crippen LogP contribution in [0.25, 0.3) is 11.3 Å². The number of hydrogen-bond acceptors (Lipinski definition) is 6. The van der Waals surface area contributed by atoms with Gasteiger partial charge in [0, 0.05) is 32.4 Å². The van der Waals surface area contributed by atoms with Crippen molar-refractivity contribution in [1.29, 1.82) is 0 Å². The number of halogens is 1. The Labute approximate surface area is 224 Å². The Morgan fingerprint density at radius 3 is 2.51 bits per heavy atom. The predicted molar refractivity (Wildman–Crippen MR) is 144 cm³/mol. The highest BCUT2D eigenvalue weighted by Gasteiger charge is 2.21. The highest BCUT2D eigenvalue weighted by molar-refractivity contribution is 7.98. The van der Waals surface area contributed by atoms with Gasteiger partial charge in [-0.15, -0.1) is 11.8 Å². The molecule has 4 rings (SSSR count). The first-order valence-corrected chi connectivity index (χ1v) is 13.1. The van der Waals surface area contributed by atoms with Crippen molar-refractivity contribution in [2.75, 3.05) is 0 Å². The summed E-state index contributed by atoms with van der Waals surface area (Å²) in [7, 11) is 0. The topological polar surface area (TPSA) is 89.6 Å². The Hall–Kier alpha value is -3.55. The molecule has 0 spiro atoms. The van der Waals surface area contributed by atoms with Crippen LogP contribution in [0.3, 0.4) is 0 Å². The molecule has 0 saturated carbocycles. The summed E-state index contributed by atoms with van der Waals surface area (Å²) in [6.07, 6.45) is -0.440. The number of aryl methyl sites for hydroxylation is 1. The van der Waals surface area contributed by atoms with Crippen molar-refractivity contribution < 1.29 is 24.0 Å². The van der Waals surface area contributed by atoms with Crippen molar-refractivity contribution >= 4 is 35.3 Å². The molecule has 1 aromatic heterocycles. The van der Waals surface area contributed by atoms with Crippen LogP contribution in [0, 0.1) is 6.92 Å². The van der Waals surface area contributed by atoms with Crippen LogP contribution in [-0.4, -0.2) is 22.2 Å². The maximum atomic E-state index is 12.7. The minimum absolute atomic E-state index is 0.00842. The molecule has 0 aliphatic heterocycles. The average Bonchev–Trinajstić information content (AvgIpc) is 3.22. The van der Waals surface area contributed by atoms with Gasteiger partial charge in [-0.1, -0.05) is 71.4 Å². The summed E-state index contributed by atoms with van der Waals surface area (Å²) in [5.74, 6) is 0.0346. The molecule has 1 N–H and O–H groups in total. The van der Waals surface area contributed by atoms with Gasteiger partial charge in [0.25, 0.3) is 0 Å². The number of carboxylic acids is 1. The number of esters is 1. The summed E-state index contributed by atoms with van der Waals surface area (Å²) < 4.78 is 11.2. The highest BCUT2D eigenvalue weighted by Crippen LogP contribution is 2.30. The number of benzene rings is 3. The third-order valence-corrected chi connectivity index (χ3v) is 7.24. The number of aromatic nitrogens is 1. The van der Waals surface area contributed by atoms with E-state index in [9.17, 15) is 9.59 Å². The van der Waals surface area contributed by atoms with Gasteiger partial charge in [-0.25, -0.2) is 0 Å². The minimum Gasteiger partial charge on any atom is -0.481 e. The Morgan fingerprint density at radius 2 is 1.78 bits per heavy atom. The van der Waals surface area contributed by atoms with Gasteiger partial charge in [0.15, 0.2) is 5.76 Å². The second-order valence-corrected chi connectivity index (χ2v) is 10.1. The van der Waals surface area contributed by atoms with E-state index >= 15 is 0 Å². The molecular weight excluding hydrogens is 510 g/mol. The predicted octanol–water partition coefficient (Wildman–Crippen LogP) is 7.07. The van der Waals surface area contributed by atoms with E-state index in [1.54, 1.807) is 31.7 Å². The lowest BCUT2D eigenvalue weighted by atomic mass is 10.0. The van der Waals surface area contributed by atoms with E-state index in [-0.39, 0.29) is 12.8 Å². The van der Waals surface area contributed by atoms with Crippen molar-refractivity contribution in [2.45, 2.75) is 43.4 Å². The van der Waals surface area contributed by atoms with Gasteiger partial charge in [0.1, 0.15) is 6.10 Å². The van der Waals surface area contributed by atoms with E-state index in [4.69, 9.17) is 26.0 Å². The van der Waals surface area contributed by atoms with Gasteiger partial charge in [0.2, 0.25) is 0 Å². The van der Waals surface area contributed by atoms with E-state index in [1.807, 2.05) is 66.7 Å². The smallest absolute Gasteiger partial charge is 0.311 e. The number of aliphatic carboxylic acids is 1. The number of ether oxygens (including phenoxy) is 1. The zero-order valence-electron chi connectivity index (χ0n) is 20.4. The summed E-state index contributed by atoms with van der Waals surface area (Å²) in [5, 5.41) is 13.6. The fraction of sp³-hybridized carbons (Fsp3) is 0.207. The van der Waals surface area contributed by atoms with Crippen LogP contribution in [-0.2, 0) is 32.9 Å². The Kier molecular flexibility index (Phi) is 8.69. The average molecular weight is 536 g/mol. The molecule has 0 saturated heterocycles. The molecule has 0 amide bonds. The van der Waals surface area contributed by atoms with Crippen LogP contribution in [0.2, 0.25) is 5.02 Å². The molecule has 1 atom stereocenters. The van der Waals surface area contributed by atoms with Gasteiger partial charge in [-0.05, 0) is 43.2 Å². The molecule has 0 aliphatic carbocycles. The first-order valence-electron chi connectivity index (χ1n) is 11.7. The largest absolute Gasteiger partial charge is 0.481 e. The monoisotopic (exact) mass is 535 g/mol. The zero-order chi connectivity index (χ0) is 26.4. The van der Waals surface area contributed by atoms with E-state index in [0.717, 1.165) is 32.9 Å². The number of carbonyl (C=O) groups excluding carboxylic acids is 1. The molecule has 3 aromatic carbocycles. The van der Waals surface area contributed by atoms with Crippen LogP contribution < -0.4 is 0 Å². The molecule has 0 radical (unpaired) electrons. The number of nitrogens with zero attached hydrogens (tertiary/aromatic N) is 1. The third kappa shape index (κ3) is 7.02. The van der Waals surface area contributed by atoms with Crippen molar-refractivity contribution in [3.63, 3.8) is 0 Å². The normalized spacial score (nSPS) is 11.8. The van der Waals surface area contributed by atoms with E-state index in [1.165, 1.54) is 0 Å². The fourth-order valence-corrected chi connectivity index (χ4v) is 5.14. The number of rotatable bonds is 10. The van der Waals surface area contributed by atoms with Crippen molar-refractivity contribution in [2.24, 2.45) is 0 Å². The van der Waals surface area contributed by atoms with Crippen LogP contribution in [0.4, 0.5) is 0 Å². The summed E-state index contributed by atoms with van der Waals surface area (Å²) >= 11 is 7.87. The van der Waals surface area contributed by atoms with Gasteiger partial charge in [0.05, 0.1) is 18.5 Å². The number of carboxylic acid groups (broad SMARTS) is 1. The molecule has 6 nitrogen and oxygen atoms in total. The van der Waals surface area contributed by atoms with Crippen LogP contribution >= 0.6 is 23.4 Å². The molecule has 4 aromatic rings. The Bertz CT molecular complexity index is 1400. The van der Waals surface area contributed by atoms with Crippen LogP contribution in [0.5, 0.6) is 0 Å². The van der Waals surface area contributed by atoms with E-state index in [2.05, 4.69) is 5.16 Å². The van der Waals surface area contributed by atoms with E-state index in [0.29, 0.717) is 22.0 Å². The first-order chi connectivity index (χ1) is 17.8. The molecule has 0 bridgehead atoms. The lowest BCUT2D eigenvalue weighted by Gasteiger charge is -2.15. The summed E-state index contributed by atoms with van der Waals surface area (Å²) in [5.41, 5.74) is 4.78. The third-order valence-electron chi connectivity index (χ3n) is 5.83. The van der Waals surface area contributed by atoms with Crippen LogP contribution in [0.1, 0.15) is 41.0 Å². The minimum atomic E-state index is -0.844. The number of hydrogen-bond donors (Lipinski definition) is 1. The number of thioether (sulfide) groups is 1. The quantitative estimate of drug-likeness (QED) is 0.171. The molecule has 190 valence electrons. The van der Waals surface area contributed by atoms with Gasteiger partial charge >= 0.3 is 11.9 Å². The number of carbonyl (C=O) groups is 2. The summed E-state index contributed by atoms with van der Waals surface area (Å²) in [4.78, 5) is 24.7. The van der Waals surface area contributed by atoms with Crippen molar-refractivity contribution in [3.8, 4) is 11.3 Å².